The molecule has 0 aliphatic heterocycles. The summed E-state index contributed by atoms with van der Waals surface area (Å²) >= 11 is 0. The number of hydrogen-bond donors (Lipinski definition) is 0. The molecule has 0 saturated carbocycles. The Hall–Kier alpha value is 3.99. The topological polar surface area (TPSA) is 129 Å². The Morgan fingerprint density at radius 2 is 0.305 bits per heavy atom. The maximum atomic E-state index is 7.68. The molecular formula is C47H138O14Si21. The van der Waals surface area contributed by atoms with Crippen LogP contribution in [0.4, 0.5) is 0 Å². The van der Waals surface area contributed by atoms with E-state index in [1.165, 1.54) is 0 Å². The molecule has 0 bridgehead atoms. The second-order valence-corrected chi connectivity index (χ2v) is 102. The average Bonchev–Trinajstić information content (AvgIpc) is 3.19. The van der Waals surface area contributed by atoms with Crippen LogP contribution in [-0.2, 0) is 57.6 Å². The summed E-state index contributed by atoms with van der Waals surface area (Å²) in [5, 5.41) is 0. The van der Waals surface area contributed by atoms with Crippen molar-refractivity contribution in [1.82, 2.24) is 0 Å². The minimum atomic E-state index is -2.75. The lowest BCUT2D eigenvalue weighted by atomic mass is 10.9. The third-order valence-corrected chi connectivity index (χ3v) is 87.1. The van der Waals surface area contributed by atoms with E-state index < -0.39 is 183 Å². The molecule has 0 radical (unpaired) electrons. The second kappa shape index (κ2) is 36.0. The molecule has 0 unspecified atom stereocenters. The number of rotatable bonds is 46. The van der Waals surface area contributed by atoms with Gasteiger partial charge in [-0.05, 0) is 302 Å². The largest absolute Gasteiger partial charge is 0.439 e. The van der Waals surface area contributed by atoms with Crippen LogP contribution < -0.4 is 0 Å². The van der Waals surface area contributed by atoms with Gasteiger partial charge in [0.1, 0.15) is 0 Å². The molecule has 0 N–H and O–H groups in total. The minimum absolute atomic E-state index is 0.912. The van der Waals surface area contributed by atoms with Crippen molar-refractivity contribution in [3.05, 3.63) is 0 Å². The lowest BCUT2D eigenvalue weighted by molar-refractivity contribution is 0.369. The molecule has 14 nitrogen and oxygen atoms in total. The normalized spacial score (nSPS) is 15.1. The third kappa shape index (κ3) is 40.2. The van der Waals surface area contributed by atoms with Gasteiger partial charge in [0.15, 0.2) is 122 Å². The van der Waals surface area contributed by atoms with E-state index in [-0.39, 0.29) is 0 Å². The maximum Gasteiger partial charge on any atom is 0.314 e. The zero-order valence-corrected chi connectivity index (χ0v) is 82.8. The molecule has 82 heavy (non-hydrogen) atoms. The van der Waals surface area contributed by atoms with Crippen molar-refractivity contribution in [1.29, 1.82) is 0 Å². The van der Waals surface area contributed by atoms with Crippen molar-refractivity contribution in [3.63, 3.8) is 0 Å². The highest BCUT2D eigenvalue weighted by atomic mass is 28.5. The van der Waals surface area contributed by atoms with Gasteiger partial charge < -0.3 is 57.6 Å². The van der Waals surface area contributed by atoms with E-state index in [1.807, 2.05) is 0 Å². The van der Waals surface area contributed by atoms with Crippen LogP contribution in [0.1, 0.15) is 0 Å². The van der Waals surface area contributed by atoms with Crippen LogP contribution in [0.2, 0.25) is 302 Å². The molecule has 0 fully saturated rings. The van der Waals surface area contributed by atoms with Crippen molar-refractivity contribution >= 4 is 183 Å². The van der Waals surface area contributed by atoms with E-state index in [1.54, 1.807) is 0 Å². The van der Waals surface area contributed by atoms with E-state index in [0.717, 1.165) is 72.5 Å². The molecular weight excluding hydrogens is 1380 g/mol. The van der Waals surface area contributed by atoms with Crippen molar-refractivity contribution < 1.29 is 57.6 Å². The van der Waals surface area contributed by atoms with Gasteiger partial charge in [-0.2, -0.15) is 0 Å². The smallest absolute Gasteiger partial charge is 0.314 e. The van der Waals surface area contributed by atoms with Crippen LogP contribution in [0.5, 0.6) is 0 Å². The summed E-state index contributed by atoms with van der Waals surface area (Å²) < 4.78 is 99.6. The van der Waals surface area contributed by atoms with Crippen molar-refractivity contribution in [2.75, 3.05) is 0 Å². The fourth-order valence-electron chi connectivity index (χ4n) is 11.6. The molecule has 0 aliphatic rings. The molecule has 35 heteroatoms. The van der Waals surface area contributed by atoms with Gasteiger partial charge in [0, 0.05) is 0 Å². The van der Waals surface area contributed by atoms with E-state index in [2.05, 4.69) is 229 Å². The highest BCUT2D eigenvalue weighted by molar-refractivity contribution is 6.93. The lowest BCUT2D eigenvalue weighted by Gasteiger charge is -2.44. The van der Waals surface area contributed by atoms with E-state index in [9.17, 15) is 0 Å². The number of hydrogen-bond acceptors (Lipinski definition) is 14. The van der Waals surface area contributed by atoms with Crippen LogP contribution in [-0.4, -0.2) is 183 Å². The highest BCUT2D eigenvalue weighted by Gasteiger charge is 2.50. The molecule has 494 valence electrons. The molecule has 0 rings (SSSR count). The Balaban J connectivity index is 6.92. The molecule has 0 aliphatic carbocycles. The van der Waals surface area contributed by atoms with Crippen molar-refractivity contribution in [3.8, 4) is 0 Å². The molecule has 0 spiro atoms. The van der Waals surface area contributed by atoms with E-state index in [4.69, 9.17) is 57.6 Å². The zero-order valence-electron chi connectivity index (χ0n) is 60.4. The van der Waals surface area contributed by atoms with Crippen LogP contribution in [0, 0.1) is 0 Å². The minimum Gasteiger partial charge on any atom is -0.439 e. The SMILES string of the molecule is C[SiH](C)O[Si](C)(CC[Si](C)(C)O[Si](C)(CC[Si](C)(C)O[SiH](C)O[Si](C)(C)CC[Si](C)(O[Si](C)(C)CC[Si](C)(O[SiH](C)C)O[SiH](C)C)O[Si](C)(C)CC[Si](C)(O[SiH](C)C)O[SiH](C)C)O[Si](C)(C)CC[Si](C)(O[SiH](C)C)O[SiH](C)C)O[SiH](C)C. The van der Waals surface area contributed by atoms with Gasteiger partial charge in [0.25, 0.3) is 9.28 Å². The van der Waals surface area contributed by atoms with Gasteiger partial charge >= 0.3 is 51.4 Å². The monoisotopic (exact) mass is 1510 g/mol. The molecule has 0 atom stereocenters. The first-order valence-electron chi connectivity index (χ1n) is 32.1. The Kier molecular flexibility index (Phi) is 37.8. The van der Waals surface area contributed by atoms with Crippen LogP contribution in [0.15, 0.2) is 0 Å². The Morgan fingerprint density at radius 1 is 0.171 bits per heavy atom. The van der Waals surface area contributed by atoms with Crippen molar-refractivity contribution in [2.45, 2.75) is 302 Å². The van der Waals surface area contributed by atoms with Gasteiger partial charge in [0.05, 0.1) is 0 Å². The van der Waals surface area contributed by atoms with Gasteiger partial charge in [-0.1, -0.05) is 0 Å². The predicted molar refractivity (Wildman–Crippen MR) is 412 cm³/mol. The van der Waals surface area contributed by atoms with Crippen LogP contribution >= 0.6 is 0 Å². The van der Waals surface area contributed by atoms with Gasteiger partial charge in [-0.15, -0.1) is 0 Å². The average molecular weight is 1520 g/mol. The van der Waals surface area contributed by atoms with Crippen LogP contribution in [0.3, 0.4) is 0 Å². The lowest BCUT2D eigenvalue weighted by Crippen LogP contribution is -2.57. The summed E-state index contributed by atoms with van der Waals surface area (Å²) in [7, 11) is -40.6. The standard InChI is InChI=1S/C47H138O14Si21/c1-62(2)48-77(30,49-63(3)4)42-38-73(22,23)58-81(34,59-74(24,25)39-43-78(31,50-64(5)6)51-65(7)8)46-36-71(18,19)56-70(17)57-72(20,21)37-47-82(35,60-75(26,27)40-44-79(32,52-66(9)10)53-67(11)12)61-76(28,29)41-45-80(33,54-68(13)14)55-69(15)16/h62-70H,36-47H2,1-35H3. The van der Waals surface area contributed by atoms with Gasteiger partial charge in [-0.25, -0.2) is 0 Å². The molecule has 0 aromatic rings. The van der Waals surface area contributed by atoms with Gasteiger partial charge in [0.2, 0.25) is 0 Å². The van der Waals surface area contributed by atoms with E-state index >= 15 is 0 Å². The van der Waals surface area contributed by atoms with Gasteiger partial charge in [-0.3, -0.25) is 0 Å². The first-order chi connectivity index (χ1) is 36.5. The highest BCUT2D eigenvalue weighted by Crippen LogP contribution is 2.38. The maximum absolute atomic E-state index is 7.68. The first-order valence-corrected chi connectivity index (χ1v) is 90.3. The molecule has 0 amide bonds. The third-order valence-electron chi connectivity index (χ3n) is 13.9. The summed E-state index contributed by atoms with van der Waals surface area (Å²) in [5.74, 6) is 0. The van der Waals surface area contributed by atoms with Crippen molar-refractivity contribution in [2.24, 2.45) is 0 Å². The van der Waals surface area contributed by atoms with E-state index in [0.29, 0.717) is 0 Å². The summed E-state index contributed by atoms with van der Waals surface area (Å²) in [6.45, 7) is 81.7. The molecule has 0 aromatic heterocycles. The Bertz CT molecular complexity index is 1540. The summed E-state index contributed by atoms with van der Waals surface area (Å²) in [5.41, 5.74) is 0. The predicted octanol–water partition coefficient (Wildman–Crippen LogP) is 14.6. The first kappa shape index (κ1) is 86.0. The summed E-state index contributed by atoms with van der Waals surface area (Å²) in [6.07, 6.45) is 0. The summed E-state index contributed by atoms with van der Waals surface area (Å²) in [4.78, 5) is 0. The molecule has 0 heterocycles. The van der Waals surface area contributed by atoms with Crippen LogP contribution in [0.25, 0.3) is 0 Å². The Morgan fingerprint density at radius 3 is 0.451 bits per heavy atom. The summed E-state index contributed by atoms with van der Waals surface area (Å²) in [6, 6.07) is 11.7. The quantitative estimate of drug-likeness (QED) is 0.0536. The fraction of sp³-hybridized carbons (Fsp3) is 1.00. The molecule has 0 saturated heterocycles. The zero-order chi connectivity index (χ0) is 64.6. The molecule has 0 aromatic carbocycles. The Labute approximate surface area is 537 Å². The second-order valence-electron chi connectivity index (χ2n) is 30.9. The fourth-order valence-corrected chi connectivity index (χ4v) is 107.